The van der Waals surface area contributed by atoms with Crippen molar-refractivity contribution in [1.82, 2.24) is 14.9 Å². The zero-order valence-electron chi connectivity index (χ0n) is 12.8. The van der Waals surface area contributed by atoms with Crippen LogP contribution >= 0.6 is 11.8 Å². The van der Waals surface area contributed by atoms with E-state index >= 15 is 0 Å². The smallest absolute Gasteiger partial charge is 0.252 e. The van der Waals surface area contributed by atoms with Gasteiger partial charge in [-0.1, -0.05) is 30.3 Å². The van der Waals surface area contributed by atoms with Crippen molar-refractivity contribution in [2.45, 2.75) is 11.4 Å². The van der Waals surface area contributed by atoms with E-state index in [2.05, 4.69) is 10.3 Å². The molecule has 0 aliphatic rings. The standard InChI is InChI=1S/C18H17N3OS/c1-23-17-9-5-3-7-15(17)18(22)20-12-14-6-2-4-8-16(14)21-11-10-19-13-21/h2-11,13H,12H2,1H3,(H,20,22). The van der Waals surface area contributed by atoms with Crippen molar-refractivity contribution in [3.05, 3.63) is 78.4 Å². The minimum atomic E-state index is -0.0598. The molecule has 0 unspecified atom stereocenters. The summed E-state index contributed by atoms with van der Waals surface area (Å²) in [5.41, 5.74) is 2.77. The fraction of sp³-hybridized carbons (Fsp3) is 0.111. The number of benzene rings is 2. The van der Waals surface area contributed by atoms with E-state index in [4.69, 9.17) is 0 Å². The zero-order valence-corrected chi connectivity index (χ0v) is 13.6. The summed E-state index contributed by atoms with van der Waals surface area (Å²) in [7, 11) is 0. The van der Waals surface area contributed by atoms with Gasteiger partial charge in [0, 0.05) is 23.8 Å². The first-order valence-corrected chi connectivity index (χ1v) is 8.49. The lowest BCUT2D eigenvalue weighted by atomic mass is 10.1. The van der Waals surface area contributed by atoms with Gasteiger partial charge in [-0.2, -0.15) is 0 Å². The van der Waals surface area contributed by atoms with Crippen LogP contribution in [0.25, 0.3) is 5.69 Å². The van der Waals surface area contributed by atoms with Crippen LogP contribution in [0.15, 0.2) is 72.1 Å². The SMILES string of the molecule is CSc1ccccc1C(=O)NCc1ccccc1-n1ccnc1. The van der Waals surface area contributed by atoms with Crippen molar-refractivity contribution in [2.24, 2.45) is 0 Å². The average molecular weight is 323 g/mol. The molecule has 0 saturated carbocycles. The highest BCUT2D eigenvalue weighted by Gasteiger charge is 2.11. The van der Waals surface area contributed by atoms with Crippen LogP contribution < -0.4 is 5.32 Å². The summed E-state index contributed by atoms with van der Waals surface area (Å²) in [5.74, 6) is -0.0598. The lowest BCUT2D eigenvalue weighted by Gasteiger charge is -2.12. The molecule has 3 aromatic rings. The van der Waals surface area contributed by atoms with Gasteiger partial charge < -0.3 is 9.88 Å². The molecule has 0 aliphatic carbocycles. The highest BCUT2D eigenvalue weighted by atomic mass is 32.2. The number of para-hydroxylation sites is 1. The molecule has 0 atom stereocenters. The molecule has 1 amide bonds. The van der Waals surface area contributed by atoms with E-state index in [9.17, 15) is 4.79 Å². The fourth-order valence-corrected chi connectivity index (χ4v) is 3.01. The normalized spacial score (nSPS) is 10.5. The van der Waals surface area contributed by atoms with Crippen LogP contribution in [0.2, 0.25) is 0 Å². The molecular formula is C18H17N3OS. The van der Waals surface area contributed by atoms with Crippen molar-refractivity contribution >= 4 is 17.7 Å². The van der Waals surface area contributed by atoms with Gasteiger partial charge in [0.15, 0.2) is 0 Å². The highest BCUT2D eigenvalue weighted by Crippen LogP contribution is 2.20. The molecule has 3 rings (SSSR count). The molecule has 0 aliphatic heterocycles. The number of aromatic nitrogens is 2. The number of nitrogens with zero attached hydrogens (tertiary/aromatic N) is 2. The van der Waals surface area contributed by atoms with Gasteiger partial charge in [-0.25, -0.2) is 4.98 Å². The minimum absolute atomic E-state index is 0.0598. The third kappa shape index (κ3) is 3.46. The maximum absolute atomic E-state index is 12.5. The first-order valence-electron chi connectivity index (χ1n) is 7.27. The van der Waals surface area contributed by atoms with Crippen molar-refractivity contribution in [2.75, 3.05) is 6.26 Å². The number of hydrogen-bond donors (Lipinski definition) is 1. The molecule has 1 aromatic heterocycles. The molecule has 0 radical (unpaired) electrons. The first-order chi connectivity index (χ1) is 11.3. The molecule has 1 heterocycles. The van der Waals surface area contributed by atoms with E-state index in [-0.39, 0.29) is 5.91 Å². The Balaban J connectivity index is 1.78. The Kier molecular flexibility index (Phi) is 4.78. The topological polar surface area (TPSA) is 46.9 Å². The predicted molar refractivity (Wildman–Crippen MR) is 93.0 cm³/mol. The van der Waals surface area contributed by atoms with Crippen LogP contribution in [0.5, 0.6) is 0 Å². The van der Waals surface area contributed by atoms with E-state index in [1.54, 1.807) is 24.3 Å². The summed E-state index contributed by atoms with van der Waals surface area (Å²) in [4.78, 5) is 17.5. The van der Waals surface area contributed by atoms with Gasteiger partial charge in [-0.15, -0.1) is 11.8 Å². The van der Waals surface area contributed by atoms with Crippen LogP contribution in [0.1, 0.15) is 15.9 Å². The summed E-state index contributed by atoms with van der Waals surface area (Å²) < 4.78 is 1.94. The average Bonchev–Trinajstić information content (AvgIpc) is 3.14. The largest absolute Gasteiger partial charge is 0.348 e. The molecule has 0 fully saturated rings. The Bertz CT molecular complexity index is 800. The molecule has 5 heteroatoms. The fourth-order valence-electron chi connectivity index (χ4n) is 2.42. The minimum Gasteiger partial charge on any atom is -0.348 e. The molecule has 0 spiro atoms. The molecule has 2 aromatic carbocycles. The lowest BCUT2D eigenvalue weighted by molar-refractivity contribution is 0.0948. The Morgan fingerprint density at radius 1 is 1.17 bits per heavy atom. The second-order valence-corrected chi connectivity index (χ2v) is 5.83. The monoisotopic (exact) mass is 323 g/mol. The second kappa shape index (κ2) is 7.15. The van der Waals surface area contributed by atoms with Crippen molar-refractivity contribution < 1.29 is 4.79 Å². The second-order valence-electron chi connectivity index (χ2n) is 4.98. The number of nitrogens with one attached hydrogen (secondary N) is 1. The molecular weight excluding hydrogens is 306 g/mol. The van der Waals surface area contributed by atoms with E-state index < -0.39 is 0 Å². The summed E-state index contributed by atoms with van der Waals surface area (Å²) in [6.45, 7) is 0.468. The van der Waals surface area contributed by atoms with Crippen molar-refractivity contribution in [3.63, 3.8) is 0 Å². The molecule has 23 heavy (non-hydrogen) atoms. The Labute approximate surface area is 139 Å². The maximum atomic E-state index is 12.5. The highest BCUT2D eigenvalue weighted by molar-refractivity contribution is 7.98. The number of amides is 1. The number of thioether (sulfide) groups is 1. The number of imidazole rings is 1. The summed E-state index contributed by atoms with van der Waals surface area (Å²) >= 11 is 1.57. The first kappa shape index (κ1) is 15.4. The van der Waals surface area contributed by atoms with Gasteiger partial charge in [0.1, 0.15) is 0 Å². The van der Waals surface area contributed by atoms with Crippen LogP contribution in [0, 0.1) is 0 Å². The maximum Gasteiger partial charge on any atom is 0.252 e. The number of carbonyl (C=O) groups excluding carboxylic acids is 1. The molecule has 0 bridgehead atoms. The third-order valence-electron chi connectivity index (χ3n) is 3.57. The van der Waals surface area contributed by atoms with Gasteiger partial charge >= 0.3 is 0 Å². The molecule has 0 saturated heterocycles. The van der Waals surface area contributed by atoms with Crippen LogP contribution in [-0.2, 0) is 6.54 Å². The number of rotatable bonds is 5. The van der Waals surface area contributed by atoms with Crippen molar-refractivity contribution in [1.29, 1.82) is 0 Å². The Morgan fingerprint density at radius 2 is 1.96 bits per heavy atom. The van der Waals surface area contributed by atoms with E-state index in [0.717, 1.165) is 16.1 Å². The zero-order chi connectivity index (χ0) is 16.1. The summed E-state index contributed by atoms with van der Waals surface area (Å²) in [5, 5.41) is 3.01. The van der Waals surface area contributed by atoms with Gasteiger partial charge in [0.2, 0.25) is 0 Å². The quantitative estimate of drug-likeness (QED) is 0.731. The van der Waals surface area contributed by atoms with Crippen LogP contribution in [0.4, 0.5) is 0 Å². The molecule has 4 nitrogen and oxygen atoms in total. The lowest BCUT2D eigenvalue weighted by Crippen LogP contribution is -2.24. The summed E-state index contributed by atoms with van der Waals surface area (Å²) in [6.07, 6.45) is 7.36. The predicted octanol–water partition coefficient (Wildman–Crippen LogP) is 3.52. The third-order valence-corrected chi connectivity index (χ3v) is 4.36. The van der Waals surface area contributed by atoms with E-state index in [1.165, 1.54) is 0 Å². The van der Waals surface area contributed by atoms with E-state index in [1.807, 2.05) is 65.6 Å². The van der Waals surface area contributed by atoms with Crippen LogP contribution in [-0.4, -0.2) is 21.7 Å². The van der Waals surface area contributed by atoms with Gasteiger partial charge in [-0.05, 0) is 30.0 Å². The number of carbonyl (C=O) groups is 1. The van der Waals surface area contributed by atoms with Crippen LogP contribution in [0.3, 0.4) is 0 Å². The van der Waals surface area contributed by atoms with Gasteiger partial charge in [-0.3, -0.25) is 4.79 Å². The molecule has 116 valence electrons. The molecule has 1 N–H and O–H groups in total. The van der Waals surface area contributed by atoms with Gasteiger partial charge in [0.05, 0.1) is 17.6 Å². The summed E-state index contributed by atoms with van der Waals surface area (Å²) in [6, 6.07) is 15.6. The van der Waals surface area contributed by atoms with Gasteiger partial charge in [0.25, 0.3) is 5.91 Å². The van der Waals surface area contributed by atoms with E-state index in [0.29, 0.717) is 12.1 Å². The number of hydrogen-bond acceptors (Lipinski definition) is 3. The Morgan fingerprint density at radius 3 is 2.74 bits per heavy atom. The Hall–Kier alpha value is -2.53. The van der Waals surface area contributed by atoms with Crippen molar-refractivity contribution in [3.8, 4) is 5.69 Å².